The quantitative estimate of drug-likeness (QED) is 0.333. The SMILES string of the molecule is CCNC(=NCc1cc(F)ccc1CS(C)(=O)=O)NCc1ncccc1C.I. The van der Waals surface area contributed by atoms with Crippen LogP contribution in [-0.4, -0.2) is 32.2 Å². The van der Waals surface area contributed by atoms with Gasteiger partial charge in [0.2, 0.25) is 0 Å². The van der Waals surface area contributed by atoms with Gasteiger partial charge in [0.05, 0.1) is 24.5 Å². The van der Waals surface area contributed by atoms with E-state index in [2.05, 4.69) is 20.6 Å². The van der Waals surface area contributed by atoms with Crippen molar-refractivity contribution in [2.24, 2.45) is 4.99 Å². The molecule has 0 saturated heterocycles. The fraction of sp³-hybridized carbons (Fsp3) is 0.368. The molecule has 1 aromatic carbocycles. The van der Waals surface area contributed by atoms with E-state index < -0.39 is 15.7 Å². The largest absolute Gasteiger partial charge is 0.357 e. The molecule has 9 heteroatoms. The molecule has 0 spiro atoms. The Balaban J connectivity index is 0.00000392. The lowest BCUT2D eigenvalue weighted by Crippen LogP contribution is -2.37. The Morgan fingerprint density at radius 3 is 2.61 bits per heavy atom. The molecule has 0 amide bonds. The summed E-state index contributed by atoms with van der Waals surface area (Å²) in [4.78, 5) is 8.80. The molecular weight excluding hydrogens is 494 g/mol. The summed E-state index contributed by atoms with van der Waals surface area (Å²) in [6, 6.07) is 7.96. The van der Waals surface area contributed by atoms with Crippen molar-refractivity contribution in [3.63, 3.8) is 0 Å². The van der Waals surface area contributed by atoms with Crippen LogP contribution in [0, 0.1) is 12.7 Å². The first kappa shape index (κ1) is 24.3. The number of nitrogens with zero attached hydrogens (tertiary/aromatic N) is 2. The minimum absolute atomic E-state index is 0. The topological polar surface area (TPSA) is 83.5 Å². The van der Waals surface area contributed by atoms with Gasteiger partial charge in [-0.05, 0) is 48.7 Å². The van der Waals surface area contributed by atoms with E-state index in [9.17, 15) is 12.8 Å². The van der Waals surface area contributed by atoms with Crippen LogP contribution in [0.2, 0.25) is 0 Å². The number of hydrogen-bond acceptors (Lipinski definition) is 4. The van der Waals surface area contributed by atoms with Crippen molar-refractivity contribution in [2.75, 3.05) is 12.8 Å². The van der Waals surface area contributed by atoms with Gasteiger partial charge >= 0.3 is 0 Å². The summed E-state index contributed by atoms with van der Waals surface area (Å²) in [5.41, 5.74) is 3.08. The molecule has 2 N–H and O–H groups in total. The third kappa shape index (κ3) is 8.09. The Morgan fingerprint density at radius 2 is 1.96 bits per heavy atom. The van der Waals surface area contributed by atoms with Crippen LogP contribution in [0.15, 0.2) is 41.5 Å². The first-order chi connectivity index (χ1) is 12.8. The summed E-state index contributed by atoms with van der Waals surface area (Å²) in [5, 5.41) is 6.32. The average molecular weight is 520 g/mol. The van der Waals surface area contributed by atoms with Crippen LogP contribution in [0.4, 0.5) is 4.39 Å². The fourth-order valence-electron chi connectivity index (χ4n) is 2.54. The third-order valence-electron chi connectivity index (χ3n) is 3.88. The number of rotatable bonds is 7. The summed E-state index contributed by atoms with van der Waals surface area (Å²) in [6.45, 7) is 5.25. The van der Waals surface area contributed by atoms with E-state index in [0.29, 0.717) is 30.2 Å². The minimum atomic E-state index is -3.22. The molecule has 0 bridgehead atoms. The fourth-order valence-corrected chi connectivity index (χ4v) is 3.39. The van der Waals surface area contributed by atoms with Gasteiger partial charge in [-0.1, -0.05) is 12.1 Å². The highest BCUT2D eigenvalue weighted by Crippen LogP contribution is 2.15. The Bertz CT molecular complexity index is 920. The Hall–Kier alpha value is -1.75. The van der Waals surface area contributed by atoms with Crippen molar-refractivity contribution in [1.82, 2.24) is 15.6 Å². The highest BCUT2D eigenvalue weighted by Gasteiger charge is 2.11. The summed E-state index contributed by atoms with van der Waals surface area (Å²) in [7, 11) is -3.22. The lowest BCUT2D eigenvalue weighted by Gasteiger charge is -2.13. The standard InChI is InChI=1S/C19H25FN4O2S.HI/c1-4-21-19(24-12-18-14(2)6-5-9-22-18)23-11-16-10-17(20)8-7-15(16)13-27(3,25)26;/h5-10H,4,11-13H2,1-3H3,(H2,21,23,24);1H. The number of halogens is 2. The summed E-state index contributed by atoms with van der Waals surface area (Å²) < 4.78 is 36.8. The lowest BCUT2D eigenvalue weighted by molar-refractivity contribution is 0.600. The second-order valence-corrected chi connectivity index (χ2v) is 8.44. The van der Waals surface area contributed by atoms with E-state index in [-0.39, 0.29) is 36.3 Å². The molecule has 2 aromatic rings. The second kappa shape index (κ2) is 11.3. The number of hydrogen-bond donors (Lipinski definition) is 2. The summed E-state index contributed by atoms with van der Waals surface area (Å²) in [5.74, 6) is -0.00784. The van der Waals surface area contributed by atoms with E-state index >= 15 is 0 Å². The molecule has 0 aliphatic carbocycles. The molecule has 0 aliphatic rings. The average Bonchev–Trinajstić information content (AvgIpc) is 2.59. The Kier molecular flexibility index (Phi) is 9.80. The number of pyridine rings is 1. The molecule has 0 atom stereocenters. The van der Waals surface area contributed by atoms with Crippen LogP contribution in [0.5, 0.6) is 0 Å². The van der Waals surface area contributed by atoms with Crippen LogP contribution >= 0.6 is 24.0 Å². The van der Waals surface area contributed by atoms with Gasteiger partial charge < -0.3 is 10.6 Å². The summed E-state index contributed by atoms with van der Waals surface area (Å²) in [6.07, 6.45) is 2.89. The Morgan fingerprint density at radius 1 is 1.21 bits per heavy atom. The number of aromatic nitrogens is 1. The molecule has 0 unspecified atom stereocenters. The van der Waals surface area contributed by atoms with Crippen molar-refractivity contribution in [3.8, 4) is 0 Å². The van der Waals surface area contributed by atoms with E-state index in [1.165, 1.54) is 18.2 Å². The highest BCUT2D eigenvalue weighted by atomic mass is 127. The lowest BCUT2D eigenvalue weighted by atomic mass is 10.1. The van der Waals surface area contributed by atoms with Crippen molar-refractivity contribution in [3.05, 3.63) is 64.7 Å². The van der Waals surface area contributed by atoms with E-state index in [4.69, 9.17) is 0 Å². The molecule has 1 heterocycles. The van der Waals surface area contributed by atoms with E-state index in [1.807, 2.05) is 26.0 Å². The molecule has 0 saturated carbocycles. The minimum Gasteiger partial charge on any atom is -0.357 e. The maximum absolute atomic E-state index is 13.6. The smallest absolute Gasteiger partial charge is 0.191 e. The van der Waals surface area contributed by atoms with Gasteiger partial charge in [-0.15, -0.1) is 24.0 Å². The normalized spacial score (nSPS) is 11.6. The van der Waals surface area contributed by atoms with Crippen molar-refractivity contribution in [1.29, 1.82) is 0 Å². The number of aliphatic imine (C=N–C) groups is 1. The van der Waals surface area contributed by atoms with Crippen LogP contribution in [-0.2, 0) is 28.7 Å². The Labute approximate surface area is 183 Å². The molecule has 6 nitrogen and oxygen atoms in total. The maximum Gasteiger partial charge on any atom is 0.191 e. The molecule has 2 rings (SSSR count). The van der Waals surface area contributed by atoms with Crippen molar-refractivity contribution in [2.45, 2.75) is 32.7 Å². The number of sulfone groups is 1. The molecule has 28 heavy (non-hydrogen) atoms. The van der Waals surface area contributed by atoms with Gasteiger partial charge in [0.1, 0.15) is 5.82 Å². The molecule has 0 fully saturated rings. The second-order valence-electron chi connectivity index (χ2n) is 6.30. The highest BCUT2D eigenvalue weighted by molar-refractivity contribution is 14.0. The molecule has 0 aliphatic heterocycles. The molecule has 0 radical (unpaired) electrons. The number of guanidine groups is 1. The van der Waals surface area contributed by atoms with Crippen molar-refractivity contribution < 1.29 is 12.8 Å². The van der Waals surface area contributed by atoms with Gasteiger partial charge in [-0.25, -0.2) is 17.8 Å². The van der Waals surface area contributed by atoms with Gasteiger partial charge in [0.15, 0.2) is 15.8 Å². The molecular formula is C19H26FIN4O2S. The van der Waals surface area contributed by atoms with Gasteiger partial charge in [0, 0.05) is 19.0 Å². The van der Waals surface area contributed by atoms with Gasteiger partial charge in [-0.3, -0.25) is 4.98 Å². The zero-order chi connectivity index (χ0) is 19.9. The first-order valence-electron chi connectivity index (χ1n) is 8.66. The van der Waals surface area contributed by atoms with E-state index in [1.54, 1.807) is 6.20 Å². The van der Waals surface area contributed by atoms with Crippen LogP contribution in [0.3, 0.4) is 0 Å². The maximum atomic E-state index is 13.6. The third-order valence-corrected chi connectivity index (χ3v) is 4.71. The van der Waals surface area contributed by atoms with Gasteiger partial charge in [-0.2, -0.15) is 0 Å². The number of aryl methyl sites for hydroxylation is 1. The molecule has 1 aromatic heterocycles. The first-order valence-corrected chi connectivity index (χ1v) is 10.7. The molecule has 154 valence electrons. The van der Waals surface area contributed by atoms with Crippen LogP contribution in [0.25, 0.3) is 0 Å². The van der Waals surface area contributed by atoms with Crippen LogP contribution in [0.1, 0.15) is 29.3 Å². The zero-order valence-corrected chi connectivity index (χ0v) is 19.3. The van der Waals surface area contributed by atoms with Gasteiger partial charge in [0.25, 0.3) is 0 Å². The monoisotopic (exact) mass is 520 g/mol. The van der Waals surface area contributed by atoms with E-state index in [0.717, 1.165) is 17.5 Å². The van der Waals surface area contributed by atoms with Crippen LogP contribution < -0.4 is 10.6 Å². The summed E-state index contributed by atoms with van der Waals surface area (Å²) >= 11 is 0. The predicted molar refractivity (Wildman–Crippen MR) is 121 cm³/mol. The number of nitrogens with one attached hydrogen (secondary N) is 2. The predicted octanol–water partition coefficient (Wildman–Crippen LogP) is 2.95. The number of benzene rings is 1. The van der Waals surface area contributed by atoms with Crippen molar-refractivity contribution >= 4 is 39.8 Å². The zero-order valence-electron chi connectivity index (χ0n) is 16.2.